The minimum atomic E-state index is -0.184. The molecule has 114 valence electrons. The van der Waals surface area contributed by atoms with Gasteiger partial charge >= 0.3 is 5.97 Å². The Labute approximate surface area is 122 Å². The zero-order chi connectivity index (χ0) is 14.8. The van der Waals surface area contributed by atoms with Gasteiger partial charge in [-0.25, -0.2) is 0 Å². The number of aliphatic hydroxyl groups excluding tert-OH is 1. The van der Waals surface area contributed by atoms with Gasteiger partial charge in [0, 0.05) is 12.3 Å². The standard InChI is InChI=1S/C17H28O3/c1-11(18)20-14-9-15(2,3)12-5-7-16(4)10-17(12,14)8-6-13(16)19/h12-14,19H,5-10H2,1-4H3/t12-,13?,14?,16+,17-/m0/s1. The Morgan fingerprint density at radius 3 is 2.55 bits per heavy atom. The van der Waals surface area contributed by atoms with Gasteiger partial charge < -0.3 is 9.84 Å². The number of rotatable bonds is 1. The minimum absolute atomic E-state index is 0.0214. The molecule has 2 unspecified atom stereocenters. The second-order valence-electron chi connectivity index (χ2n) is 8.50. The maximum Gasteiger partial charge on any atom is 0.302 e. The van der Waals surface area contributed by atoms with Crippen LogP contribution in [0.2, 0.25) is 0 Å². The largest absolute Gasteiger partial charge is 0.462 e. The molecule has 0 aliphatic heterocycles. The highest BCUT2D eigenvalue weighted by Crippen LogP contribution is 2.69. The van der Waals surface area contributed by atoms with Crippen molar-refractivity contribution in [1.82, 2.24) is 0 Å². The zero-order valence-corrected chi connectivity index (χ0v) is 13.2. The molecule has 1 N–H and O–H groups in total. The van der Waals surface area contributed by atoms with Gasteiger partial charge in [-0.05, 0) is 55.3 Å². The molecule has 0 amide bonds. The molecule has 0 aromatic heterocycles. The molecule has 0 heterocycles. The molecule has 5 atom stereocenters. The number of esters is 1. The third kappa shape index (κ3) is 1.85. The summed E-state index contributed by atoms with van der Waals surface area (Å²) in [5.41, 5.74) is 0.374. The van der Waals surface area contributed by atoms with Crippen LogP contribution in [0.3, 0.4) is 0 Å². The molecule has 1 spiro atoms. The van der Waals surface area contributed by atoms with Crippen molar-refractivity contribution >= 4 is 5.97 Å². The molecule has 0 saturated heterocycles. The van der Waals surface area contributed by atoms with E-state index in [9.17, 15) is 9.90 Å². The fourth-order valence-electron chi connectivity index (χ4n) is 5.88. The van der Waals surface area contributed by atoms with Crippen LogP contribution in [0.1, 0.15) is 66.2 Å². The van der Waals surface area contributed by atoms with Crippen LogP contribution in [0.25, 0.3) is 0 Å². The van der Waals surface area contributed by atoms with Gasteiger partial charge in [0.05, 0.1) is 6.10 Å². The fourth-order valence-corrected chi connectivity index (χ4v) is 5.88. The van der Waals surface area contributed by atoms with Gasteiger partial charge in [0.2, 0.25) is 0 Å². The SMILES string of the molecule is CC(=O)OC1CC(C)(C)[C@@H]2CC[C@]3(C)C[C@]12CCC3O. The van der Waals surface area contributed by atoms with Gasteiger partial charge in [-0.1, -0.05) is 20.8 Å². The predicted octanol–water partition coefficient (Wildman–Crippen LogP) is 3.30. The summed E-state index contributed by atoms with van der Waals surface area (Å²) in [7, 11) is 0. The molecular weight excluding hydrogens is 252 g/mol. The second-order valence-corrected chi connectivity index (χ2v) is 8.50. The van der Waals surface area contributed by atoms with Gasteiger partial charge in [0.15, 0.2) is 0 Å². The molecule has 3 aliphatic rings. The van der Waals surface area contributed by atoms with Gasteiger partial charge in [-0.15, -0.1) is 0 Å². The predicted molar refractivity (Wildman–Crippen MR) is 77.1 cm³/mol. The number of carbonyl (C=O) groups excluding carboxylic acids is 1. The van der Waals surface area contributed by atoms with Crippen LogP contribution in [0.4, 0.5) is 0 Å². The van der Waals surface area contributed by atoms with Gasteiger partial charge in [0.25, 0.3) is 0 Å². The summed E-state index contributed by atoms with van der Waals surface area (Å²) in [5.74, 6) is 0.471. The monoisotopic (exact) mass is 280 g/mol. The molecule has 0 aromatic carbocycles. The van der Waals surface area contributed by atoms with Crippen LogP contribution in [-0.2, 0) is 9.53 Å². The molecule has 2 bridgehead atoms. The molecule has 20 heavy (non-hydrogen) atoms. The summed E-state index contributed by atoms with van der Waals surface area (Å²) >= 11 is 0. The Balaban J connectivity index is 1.98. The Kier molecular flexibility index (Phi) is 3.03. The summed E-state index contributed by atoms with van der Waals surface area (Å²) in [6.45, 7) is 8.41. The van der Waals surface area contributed by atoms with Crippen molar-refractivity contribution < 1.29 is 14.6 Å². The minimum Gasteiger partial charge on any atom is -0.462 e. The van der Waals surface area contributed by atoms with Crippen molar-refractivity contribution in [3.05, 3.63) is 0 Å². The lowest BCUT2D eigenvalue weighted by molar-refractivity contribution is -0.172. The highest BCUT2D eigenvalue weighted by atomic mass is 16.5. The molecule has 3 rings (SSSR count). The Hall–Kier alpha value is -0.570. The maximum atomic E-state index is 11.5. The molecule has 3 nitrogen and oxygen atoms in total. The molecule has 3 aliphatic carbocycles. The van der Waals surface area contributed by atoms with E-state index >= 15 is 0 Å². The first-order valence-electron chi connectivity index (χ1n) is 8.05. The second kappa shape index (κ2) is 4.22. The van der Waals surface area contributed by atoms with Gasteiger partial charge in [0.1, 0.15) is 6.10 Å². The molecule has 0 aromatic rings. The number of fused-ring (bicyclic) bond motifs is 1. The molecule has 0 radical (unpaired) electrons. The third-order valence-corrected chi connectivity index (χ3v) is 6.72. The summed E-state index contributed by atoms with van der Waals surface area (Å²) < 4.78 is 5.75. The number of hydrogen-bond acceptors (Lipinski definition) is 3. The lowest BCUT2D eigenvalue weighted by atomic mass is 9.49. The van der Waals surface area contributed by atoms with E-state index in [0.29, 0.717) is 5.92 Å². The third-order valence-electron chi connectivity index (χ3n) is 6.72. The van der Waals surface area contributed by atoms with Crippen molar-refractivity contribution in [3.63, 3.8) is 0 Å². The number of hydrogen-bond donors (Lipinski definition) is 1. The van der Waals surface area contributed by atoms with Crippen molar-refractivity contribution in [2.45, 2.75) is 78.4 Å². The average Bonchev–Trinajstić information content (AvgIpc) is 2.51. The van der Waals surface area contributed by atoms with Crippen LogP contribution in [0, 0.1) is 22.2 Å². The first-order valence-corrected chi connectivity index (χ1v) is 8.05. The van der Waals surface area contributed by atoms with Gasteiger partial charge in [-0.3, -0.25) is 4.79 Å². The van der Waals surface area contributed by atoms with Crippen LogP contribution in [-0.4, -0.2) is 23.3 Å². The topological polar surface area (TPSA) is 46.5 Å². The van der Waals surface area contributed by atoms with E-state index in [0.717, 1.165) is 32.1 Å². The van der Waals surface area contributed by atoms with E-state index in [1.54, 1.807) is 0 Å². The summed E-state index contributed by atoms with van der Waals surface area (Å²) in [6.07, 6.45) is 6.01. The van der Waals surface area contributed by atoms with Crippen molar-refractivity contribution in [2.75, 3.05) is 0 Å². The number of carbonyl (C=O) groups is 1. The lowest BCUT2D eigenvalue weighted by Gasteiger charge is -2.57. The molecular formula is C17H28O3. The highest BCUT2D eigenvalue weighted by Gasteiger charge is 2.65. The fraction of sp³-hybridized carbons (Fsp3) is 0.941. The van der Waals surface area contributed by atoms with Crippen LogP contribution >= 0.6 is 0 Å². The Bertz CT molecular complexity index is 430. The van der Waals surface area contributed by atoms with E-state index < -0.39 is 0 Å². The Morgan fingerprint density at radius 1 is 1.20 bits per heavy atom. The Morgan fingerprint density at radius 2 is 1.90 bits per heavy atom. The summed E-state index contributed by atoms with van der Waals surface area (Å²) in [6, 6.07) is 0. The van der Waals surface area contributed by atoms with Crippen molar-refractivity contribution in [3.8, 4) is 0 Å². The number of aliphatic hydroxyl groups is 1. The van der Waals surface area contributed by atoms with Crippen LogP contribution in [0.5, 0.6) is 0 Å². The van der Waals surface area contributed by atoms with E-state index in [1.807, 2.05) is 0 Å². The highest BCUT2D eigenvalue weighted by molar-refractivity contribution is 5.66. The molecule has 3 saturated carbocycles. The van der Waals surface area contributed by atoms with Crippen molar-refractivity contribution in [1.29, 1.82) is 0 Å². The van der Waals surface area contributed by atoms with Gasteiger partial charge in [-0.2, -0.15) is 0 Å². The first kappa shape index (κ1) is 14.4. The summed E-state index contributed by atoms with van der Waals surface area (Å²) in [4.78, 5) is 11.5. The maximum absolute atomic E-state index is 11.5. The average molecular weight is 280 g/mol. The van der Waals surface area contributed by atoms with E-state index in [4.69, 9.17) is 4.74 Å². The van der Waals surface area contributed by atoms with Crippen LogP contribution in [0.15, 0.2) is 0 Å². The number of ether oxygens (including phenoxy) is 1. The normalized spacial score (nSPS) is 49.5. The van der Waals surface area contributed by atoms with Crippen LogP contribution < -0.4 is 0 Å². The molecule has 3 heteroatoms. The smallest absolute Gasteiger partial charge is 0.302 e. The first-order chi connectivity index (χ1) is 9.20. The quantitative estimate of drug-likeness (QED) is 0.750. The van der Waals surface area contributed by atoms with Crippen molar-refractivity contribution in [2.24, 2.45) is 22.2 Å². The van der Waals surface area contributed by atoms with E-state index in [1.165, 1.54) is 13.3 Å². The zero-order valence-electron chi connectivity index (χ0n) is 13.2. The van der Waals surface area contributed by atoms with E-state index in [2.05, 4.69) is 20.8 Å². The lowest BCUT2D eigenvalue weighted by Crippen LogP contribution is -2.54. The van der Waals surface area contributed by atoms with E-state index in [-0.39, 0.29) is 34.4 Å². The summed E-state index contributed by atoms with van der Waals surface area (Å²) in [5, 5.41) is 10.4. The molecule has 3 fully saturated rings.